The number of hydrogen-bond acceptors (Lipinski definition) is 3. The molecule has 3 rings (SSSR count). The van der Waals surface area contributed by atoms with Gasteiger partial charge in [0.1, 0.15) is 18.1 Å². The molecule has 1 aromatic carbocycles. The highest BCUT2D eigenvalue weighted by Gasteiger charge is 2.22. The number of β-amino-alcohol motifs (C(OH)–C–C–N with tert-alkyl or cyclic N) is 1. The number of nitrogens with zero attached hydrogens (tertiary/aromatic N) is 2. The van der Waals surface area contributed by atoms with Crippen molar-refractivity contribution < 1.29 is 9.52 Å². The van der Waals surface area contributed by atoms with E-state index in [1.807, 2.05) is 43.3 Å². The first-order valence-electron chi connectivity index (χ1n) is 8.21. The monoisotopic (exact) mass is 391 g/mol. The first kappa shape index (κ1) is 17.0. The summed E-state index contributed by atoms with van der Waals surface area (Å²) >= 11 is 3.44. The molecule has 1 saturated heterocycles. The molecule has 128 valence electrons. The number of benzene rings is 1. The van der Waals surface area contributed by atoms with Crippen molar-refractivity contribution in [2.75, 3.05) is 19.6 Å². The number of hydrogen-bond donors (Lipinski definition) is 2. The van der Waals surface area contributed by atoms with E-state index in [9.17, 15) is 5.11 Å². The molecule has 0 radical (unpaired) electrons. The smallest absolute Gasteiger partial charge is 0.194 e. The normalized spacial score (nSPS) is 18.2. The number of nitrogens with one attached hydrogen (secondary N) is 1. The van der Waals surface area contributed by atoms with Crippen molar-refractivity contribution in [2.45, 2.75) is 26.0 Å². The van der Waals surface area contributed by atoms with Gasteiger partial charge in [-0.3, -0.25) is 0 Å². The van der Waals surface area contributed by atoms with Gasteiger partial charge in [-0.25, -0.2) is 4.99 Å². The predicted molar refractivity (Wildman–Crippen MR) is 98.9 cm³/mol. The van der Waals surface area contributed by atoms with Gasteiger partial charge < -0.3 is 19.7 Å². The van der Waals surface area contributed by atoms with Crippen LogP contribution in [0.2, 0.25) is 0 Å². The second-order valence-corrected chi connectivity index (χ2v) is 6.75. The fourth-order valence-electron chi connectivity index (χ4n) is 2.75. The standard InChI is InChI=1S/C18H22BrN3O2/c1-2-20-18(22-10-9-15(23)12-22)21-11-16-7-8-17(24-16)13-3-5-14(19)6-4-13/h3-8,15,23H,2,9-12H2,1H3,(H,20,21)/t15-/m1/s1. The van der Waals surface area contributed by atoms with Crippen LogP contribution in [0.25, 0.3) is 11.3 Å². The summed E-state index contributed by atoms with van der Waals surface area (Å²) in [5.41, 5.74) is 1.04. The average Bonchev–Trinajstić information content (AvgIpc) is 3.21. The number of aliphatic imine (C=N–C) groups is 1. The van der Waals surface area contributed by atoms with E-state index in [2.05, 4.69) is 31.1 Å². The van der Waals surface area contributed by atoms with Crippen LogP contribution in [0.4, 0.5) is 0 Å². The van der Waals surface area contributed by atoms with E-state index in [1.165, 1.54) is 0 Å². The highest BCUT2D eigenvalue weighted by Crippen LogP contribution is 2.24. The summed E-state index contributed by atoms with van der Waals surface area (Å²) in [4.78, 5) is 6.73. The number of aliphatic hydroxyl groups excluding tert-OH is 1. The molecule has 5 nitrogen and oxygen atoms in total. The number of guanidine groups is 1. The molecule has 0 unspecified atom stereocenters. The molecule has 0 bridgehead atoms. The molecule has 24 heavy (non-hydrogen) atoms. The van der Waals surface area contributed by atoms with Gasteiger partial charge in [-0.05, 0) is 37.6 Å². The van der Waals surface area contributed by atoms with Gasteiger partial charge in [0.2, 0.25) is 0 Å². The van der Waals surface area contributed by atoms with Crippen molar-refractivity contribution in [3.63, 3.8) is 0 Å². The Morgan fingerprint density at radius 3 is 2.79 bits per heavy atom. The Labute approximate surface area is 150 Å². The Balaban J connectivity index is 1.69. The van der Waals surface area contributed by atoms with E-state index in [4.69, 9.17) is 4.42 Å². The fourth-order valence-corrected chi connectivity index (χ4v) is 3.01. The maximum atomic E-state index is 9.70. The molecule has 1 aliphatic rings. The van der Waals surface area contributed by atoms with E-state index in [1.54, 1.807) is 0 Å². The van der Waals surface area contributed by atoms with Crippen LogP contribution in [0, 0.1) is 0 Å². The second-order valence-electron chi connectivity index (χ2n) is 5.83. The van der Waals surface area contributed by atoms with Gasteiger partial charge in [0.05, 0.1) is 6.10 Å². The van der Waals surface area contributed by atoms with E-state index < -0.39 is 0 Å². The molecule has 2 aromatic rings. The van der Waals surface area contributed by atoms with Crippen LogP contribution >= 0.6 is 15.9 Å². The number of rotatable bonds is 4. The third-order valence-corrected chi connectivity index (χ3v) is 4.50. The Morgan fingerprint density at radius 2 is 2.12 bits per heavy atom. The van der Waals surface area contributed by atoms with Crippen molar-refractivity contribution in [1.82, 2.24) is 10.2 Å². The van der Waals surface area contributed by atoms with E-state index in [0.29, 0.717) is 13.1 Å². The molecule has 0 spiro atoms. The lowest BCUT2D eigenvalue weighted by atomic mass is 10.2. The summed E-state index contributed by atoms with van der Waals surface area (Å²) in [5, 5.41) is 13.0. The molecule has 2 N–H and O–H groups in total. The minimum atomic E-state index is -0.263. The lowest BCUT2D eigenvalue weighted by Gasteiger charge is -2.20. The predicted octanol–water partition coefficient (Wildman–Crippen LogP) is 3.24. The van der Waals surface area contributed by atoms with Gasteiger partial charge in [0.15, 0.2) is 5.96 Å². The Bertz CT molecular complexity index is 697. The first-order chi connectivity index (χ1) is 11.7. The number of halogens is 1. The van der Waals surface area contributed by atoms with Crippen molar-refractivity contribution in [1.29, 1.82) is 0 Å². The maximum absolute atomic E-state index is 9.70. The molecule has 1 fully saturated rings. The summed E-state index contributed by atoms with van der Waals surface area (Å²) in [7, 11) is 0. The highest BCUT2D eigenvalue weighted by molar-refractivity contribution is 9.10. The first-order valence-corrected chi connectivity index (χ1v) is 9.01. The van der Waals surface area contributed by atoms with Gasteiger partial charge >= 0.3 is 0 Å². The van der Waals surface area contributed by atoms with Crippen LogP contribution in [-0.2, 0) is 6.54 Å². The molecular weight excluding hydrogens is 370 g/mol. The Morgan fingerprint density at radius 1 is 1.33 bits per heavy atom. The largest absolute Gasteiger partial charge is 0.459 e. The van der Waals surface area contributed by atoms with Gasteiger partial charge in [-0.15, -0.1) is 0 Å². The summed E-state index contributed by atoms with van der Waals surface area (Å²) in [6, 6.07) is 12.0. The topological polar surface area (TPSA) is 61.0 Å². The Hall–Kier alpha value is -1.79. The molecule has 6 heteroatoms. The Kier molecular flexibility index (Phi) is 5.58. The van der Waals surface area contributed by atoms with E-state index in [0.717, 1.165) is 47.0 Å². The molecule has 1 aliphatic heterocycles. The van der Waals surface area contributed by atoms with Crippen molar-refractivity contribution in [3.05, 3.63) is 46.6 Å². The lowest BCUT2D eigenvalue weighted by Crippen LogP contribution is -2.40. The van der Waals surface area contributed by atoms with Gasteiger partial charge in [-0.1, -0.05) is 28.1 Å². The van der Waals surface area contributed by atoms with Gasteiger partial charge in [0.25, 0.3) is 0 Å². The summed E-state index contributed by atoms with van der Waals surface area (Å²) in [6.07, 6.45) is 0.528. The van der Waals surface area contributed by atoms with Crippen LogP contribution in [0.3, 0.4) is 0 Å². The number of furan rings is 1. The third kappa shape index (κ3) is 4.19. The van der Waals surface area contributed by atoms with Gasteiger partial charge in [0, 0.05) is 29.7 Å². The fraction of sp³-hybridized carbons (Fsp3) is 0.389. The summed E-state index contributed by atoms with van der Waals surface area (Å²) in [5.74, 6) is 2.49. The van der Waals surface area contributed by atoms with Crippen LogP contribution < -0.4 is 5.32 Å². The van der Waals surface area contributed by atoms with Crippen LogP contribution in [0.1, 0.15) is 19.1 Å². The quantitative estimate of drug-likeness (QED) is 0.620. The minimum absolute atomic E-state index is 0.263. The maximum Gasteiger partial charge on any atom is 0.194 e. The second kappa shape index (κ2) is 7.85. The zero-order valence-electron chi connectivity index (χ0n) is 13.7. The third-order valence-electron chi connectivity index (χ3n) is 3.97. The van der Waals surface area contributed by atoms with Crippen LogP contribution in [0.15, 0.2) is 50.3 Å². The van der Waals surface area contributed by atoms with Gasteiger partial charge in [-0.2, -0.15) is 0 Å². The molecular formula is C18H22BrN3O2. The zero-order valence-corrected chi connectivity index (χ0v) is 15.3. The van der Waals surface area contributed by atoms with Crippen LogP contribution in [0.5, 0.6) is 0 Å². The van der Waals surface area contributed by atoms with Crippen molar-refractivity contribution in [3.8, 4) is 11.3 Å². The molecule has 0 aliphatic carbocycles. The van der Waals surface area contributed by atoms with E-state index in [-0.39, 0.29) is 6.10 Å². The highest BCUT2D eigenvalue weighted by atomic mass is 79.9. The average molecular weight is 392 g/mol. The lowest BCUT2D eigenvalue weighted by molar-refractivity contribution is 0.188. The number of likely N-dealkylation sites (tertiary alicyclic amines) is 1. The van der Waals surface area contributed by atoms with Crippen molar-refractivity contribution >= 4 is 21.9 Å². The SMILES string of the molecule is CCNC(=NCc1ccc(-c2ccc(Br)cc2)o1)N1CC[C@@H](O)C1. The zero-order chi connectivity index (χ0) is 16.9. The number of aliphatic hydroxyl groups is 1. The minimum Gasteiger partial charge on any atom is -0.459 e. The summed E-state index contributed by atoms with van der Waals surface area (Å²) in [6.45, 7) is 4.78. The van der Waals surface area contributed by atoms with Crippen molar-refractivity contribution in [2.24, 2.45) is 4.99 Å². The summed E-state index contributed by atoms with van der Waals surface area (Å²) < 4.78 is 6.95. The molecule has 2 heterocycles. The van der Waals surface area contributed by atoms with E-state index >= 15 is 0 Å². The van der Waals surface area contributed by atoms with Crippen LogP contribution in [-0.4, -0.2) is 41.7 Å². The molecule has 0 saturated carbocycles. The molecule has 1 atom stereocenters. The molecule has 0 amide bonds. The molecule has 1 aromatic heterocycles.